The van der Waals surface area contributed by atoms with Crippen LogP contribution < -0.4 is 5.56 Å². The summed E-state index contributed by atoms with van der Waals surface area (Å²) in [7, 11) is 0. The Hall–Kier alpha value is -2.11. The summed E-state index contributed by atoms with van der Waals surface area (Å²) in [4.78, 5) is 17.6. The maximum Gasteiger partial charge on any atom is 0.258 e. The molecule has 0 aliphatic carbocycles. The van der Waals surface area contributed by atoms with Crippen LogP contribution in [0.15, 0.2) is 64.4 Å². The summed E-state index contributed by atoms with van der Waals surface area (Å²) >= 11 is 1.62. The topological polar surface area (TPSA) is 54.6 Å². The normalized spacial score (nSPS) is 10.9. The van der Waals surface area contributed by atoms with E-state index >= 15 is 0 Å². The molecule has 0 aliphatic rings. The second-order valence-corrected chi connectivity index (χ2v) is 5.65. The van der Waals surface area contributed by atoms with Crippen LogP contribution in [-0.2, 0) is 12.4 Å². The van der Waals surface area contributed by atoms with Crippen molar-refractivity contribution < 1.29 is 5.11 Å². The third kappa shape index (κ3) is 3.15. The van der Waals surface area contributed by atoms with E-state index in [0.717, 1.165) is 16.2 Å². The lowest BCUT2D eigenvalue weighted by molar-refractivity contribution is 0.282. The van der Waals surface area contributed by atoms with Gasteiger partial charge in [0.1, 0.15) is 5.65 Å². The summed E-state index contributed by atoms with van der Waals surface area (Å²) < 4.78 is 1.53. The van der Waals surface area contributed by atoms with Gasteiger partial charge in [0.2, 0.25) is 0 Å². The molecular weight excluding hydrogens is 284 g/mol. The van der Waals surface area contributed by atoms with Gasteiger partial charge >= 0.3 is 0 Å². The predicted octanol–water partition coefficient (Wildman–Crippen LogP) is 2.48. The van der Waals surface area contributed by atoms with E-state index in [0.29, 0.717) is 11.4 Å². The zero-order valence-electron chi connectivity index (χ0n) is 11.3. The molecule has 5 heteroatoms. The number of aliphatic hydroxyl groups is 1. The number of aromatic nitrogens is 2. The number of aliphatic hydroxyl groups excluding tert-OH is 1. The van der Waals surface area contributed by atoms with Gasteiger partial charge in [-0.2, -0.15) is 0 Å². The van der Waals surface area contributed by atoms with Gasteiger partial charge < -0.3 is 5.11 Å². The minimum Gasteiger partial charge on any atom is -0.392 e. The van der Waals surface area contributed by atoms with Crippen molar-refractivity contribution in [2.24, 2.45) is 0 Å². The zero-order chi connectivity index (χ0) is 14.7. The van der Waals surface area contributed by atoms with Crippen molar-refractivity contribution in [3.63, 3.8) is 0 Å². The first-order valence-corrected chi connectivity index (χ1v) is 7.55. The first-order valence-electron chi connectivity index (χ1n) is 6.56. The molecular formula is C16H14N2O2S. The number of hydrogen-bond acceptors (Lipinski definition) is 4. The fraction of sp³-hybridized carbons (Fsp3) is 0.125. The van der Waals surface area contributed by atoms with Crippen molar-refractivity contribution in [2.75, 3.05) is 0 Å². The first-order chi connectivity index (χ1) is 10.3. The highest BCUT2D eigenvalue weighted by Crippen LogP contribution is 2.22. The number of thioether (sulfide) groups is 1. The molecule has 0 atom stereocenters. The zero-order valence-corrected chi connectivity index (χ0v) is 12.1. The highest BCUT2D eigenvalue weighted by molar-refractivity contribution is 7.98. The predicted molar refractivity (Wildman–Crippen MR) is 83.4 cm³/mol. The molecule has 1 aromatic carbocycles. The molecule has 0 spiro atoms. The molecule has 0 fully saturated rings. The van der Waals surface area contributed by atoms with Gasteiger partial charge in [-0.05, 0) is 29.8 Å². The lowest BCUT2D eigenvalue weighted by atomic mass is 10.2. The molecule has 0 saturated carbocycles. The fourth-order valence-electron chi connectivity index (χ4n) is 2.03. The van der Waals surface area contributed by atoms with E-state index in [-0.39, 0.29) is 12.2 Å². The molecule has 3 rings (SSSR count). The average molecular weight is 298 g/mol. The maximum absolute atomic E-state index is 12.0. The highest BCUT2D eigenvalue weighted by Gasteiger charge is 2.03. The average Bonchev–Trinajstić information content (AvgIpc) is 2.53. The van der Waals surface area contributed by atoms with Gasteiger partial charge in [0, 0.05) is 22.9 Å². The lowest BCUT2D eigenvalue weighted by Gasteiger charge is -2.04. The second kappa shape index (κ2) is 6.11. The molecule has 2 aromatic heterocycles. The Bertz CT molecular complexity index is 812. The van der Waals surface area contributed by atoms with E-state index in [1.165, 1.54) is 4.40 Å². The summed E-state index contributed by atoms with van der Waals surface area (Å²) in [6.07, 6.45) is 1.72. The Morgan fingerprint density at radius 1 is 1.14 bits per heavy atom. The van der Waals surface area contributed by atoms with Gasteiger partial charge in [0.05, 0.1) is 12.3 Å². The van der Waals surface area contributed by atoms with Crippen LogP contribution in [0.25, 0.3) is 5.65 Å². The molecule has 3 aromatic rings. The molecule has 106 valence electrons. The maximum atomic E-state index is 12.0. The molecule has 1 N–H and O–H groups in total. The van der Waals surface area contributed by atoms with Crippen LogP contribution in [-0.4, -0.2) is 14.5 Å². The number of hydrogen-bond donors (Lipinski definition) is 1. The van der Waals surface area contributed by atoms with Crippen molar-refractivity contribution in [1.82, 2.24) is 9.38 Å². The van der Waals surface area contributed by atoms with Crippen LogP contribution in [0.3, 0.4) is 0 Å². The Balaban J connectivity index is 1.80. The van der Waals surface area contributed by atoms with Gasteiger partial charge in [-0.1, -0.05) is 18.2 Å². The SMILES string of the molecule is O=c1cc(CSc2ccc(CO)cc2)nc2ccccn12. The number of pyridine rings is 1. The van der Waals surface area contributed by atoms with Gasteiger partial charge in [-0.15, -0.1) is 11.8 Å². The minimum atomic E-state index is -0.0631. The lowest BCUT2D eigenvalue weighted by Crippen LogP contribution is -2.14. The standard InChI is InChI=1S/C16H14N2O2S/c19-10-12-4-6-14(7-5-12)21-11-13-9-16(20)18-8-2-1-3-15(18)17-13/h1-9,19H,10-11H2. The van der Waals surface area contributed by atoms with Crippen LogP contribution >= 0.6 is 11.8 Å². The van der Waals surface area contributed by atoms with Crippen LogP contribution in [0, 0.1) is 0 Å². The van der Waals surface area contributed by atoms with E-state index in [1.54, 1.807) is 24.0 Å². The molecule has 0 radical (unpaired) electrons. The largest absolute Gasteiger partial charge is 0.392 e. The molecule has 0 amide bonds. The van der Waals surface area contributed by atoms with Gasteiger partial charge in [0.25, 0.3) is 5.56 Å². The Labute approximate surface area is 126 Å². The molecule has 21 heavy (non-hydrogen) atoms. The Kier molecular flexibility index (Phi) is 4.03. The van der Waals surface area contributed by atoms with Crippen LogP contribution in [0.5, 0.6) is 0 Å². The number of rotatable bonds is 4. The summed E-state index contributed by atoms with van der Waals surface area (Å²) in [5.41, 5.74) is 2.26. The third-order valence-electron chi connectivity index (χ3n) is 3.12. The summed E-state index contributed by atoms with van der Waals surface area (Å²) in [5, 5.41) is 9.01. The van der Waals surface area contributed by atoms with E-state index in [4.69, 9.17) is 5.11 Å². The first kappa shape index (κ1) is 13.9. The molecule has 0 bridgehead atoms. The van der Waals surface area contributed by atoms with E-state index < -0.39 is 0 Å². The smallest absolute Gasteiger partial charge is 0.258 e. The van der Waals surface area contributed by atoms with Gasteiger partial charge in [-0.25, -0.2) is 4.98 Å². The molecule has 0 unspecified atom stereocenters. The summed E-state index contributed by atoms with van der Waals surface area (Å²) in [6.45, 7) is 0.0495. The highest BCUT2D eigenvalue weighted by atomic mass is 32.2. The van der Waals surface area contributed by atoms with Crippen LogP contribution in [0.2, 0.25) is 0 Å². The number of fused-ring (bicyclic) bond motifs is 1. The molecule has 0 saturated heterocycles. The number of nitrogens with zero attached hydrogens (tertiary/aromatic N) is 2. The van der Waals surface area contributed by atoms with Crippen molar-refractivity contribution in [3.8, 4) is 0 Å². The van der Waals surface area contributed by atoms with E-state index in [1.807, 2.05) is 42.5 Å². The Morgan fingerprint density at radius 3 is 2.71 bits per heavy atom. The quantitative estimate of drug-likeness (QED) is 0.752. The molecule has 4 nitrogen and oxygen atoms in total. The minimum absolute atomic E-state index is 0.0495. The van der Waals surface area contributed by atoms with Gasteiger partial charge in [0.15, 0.2) is 0 Å². The molecule has 0 aliphatic heterocycles. The second-order valence-electron chi connectivity index (χ2n) is 4.61. The summed E-state index contributed by atoms with van der Waals surface area (Å²) in [6, 6.07) is 14.8. The van der Waals surface area contributed by atoms with Gasteiger partial charge in [-0.3, -0.25) is 9.20 Å². The Morgan fingerprint density at radius 2 is 1.95 bits per heavy atom. The fourth-order valence-corrected chi connectivity index (χ4v) is 2.82. The van der Waals surface area contributed by atoms with E-state index in [2.05, 4.69) is 4.98 Å². The van der Waals surface area contributed by atoms with Crippen molar-refractivity contribution in [1.29, 1.82) is 0 Å². The third-order valence-corrected chi connectivity index (χ3v) is 4.16. The molecule has 2 heterocycles. The van der Waals surface area contributed by atoms with Crippen LogP contribution in [0.4, 0.5) is 0 Å². The number of benzene rings is 1. The van der Waals surface area contributed by atoms with Crippen molar-refractivity contribution in [2.45, 2.75) is 17.3 Å². The van der Waals surface area contributed by atoms with E-state index in [9.17, 15) is 4.79 Å². The summed E-state index contributed by atoms with van der Waals surface area (Å²) in [5.74, 6) is 0.638. The van der Waals surface area contributed by atoms with Crippen molar-refractivity contribution in [3.05, 3.63) is 76.3 Å². The van der Waals surface area contributed by atoms with Crippen molar-refractivity contribution >= 4 is 17.4 Å². The van der Waals surface area contributed by atoms with Crippen LogP contribution in [0.1, 0.15) is 11.3 Å². The monoisotopic (exact) mass is 298 g/mol.